The van der Waals surface area contributed by atoms with E-state index in [0.717, 1.165) is 19.3 Å². The molecule has 0 fully saturated rings. The summed E-state index contributed by atoms with van der Waals surface area (Å²) in [7, 11) is 0. The molecule has 1 aromatic carbocycles. The van der Waals surface area contributed by atoms with Gasteiger partial charge in [0, 0.05) is 10.0 Å². The molecule has 20 heavy (non-hydrogen) atoms. The minimum absolute atomic E-state index is 0.0396. The first-order valence-electron chi connectivity index (χ1n) is 5.71. The summed E-state index contributed by atoms with van der Waals surface area (Å²) in [6, 6.07) is 3.78. The van der Waals surface area contributed by atoms with Crippen molar-refractivity contribution in [2.45, 2.75) is 20.0 Å². The van der Waals surface area contributed by atoms with E-state index in [9.17, 15) is 0 Å². The summed E-state index contributed by atoms with van der Waals surface area (Å²) in [5, 5.41) is 14.7. The molecule has 0 spiro atoms. The number of benzene rings is 1. The topological polar surface area (TPSA) is 91.2 Å². The molecule has 0 atom stereocenters. The third-order valence-corrected chi connectivity index (χ3v) is 3.22. The second-order valence-electron chi connectivity index (χ2n) is 4.14. The van der Waals surface area contributed by atoms with E-state index in [1.807, 2.05) is 26.0 Å². The van der Waals surface area contributed by atoms with Crippen molar-refractivity contribution in [1.29, 1.82) is 0 Å². The standard InChI is InChI=1S/C11H12Br2N6O/c1-6(2)20-10-7(3-8(12)4-9(10)13)5-15-19-11(14)16-17-18-19/h3-6H,1-2H3,(H2,14,16,18)/b15-5-. The average Bonchev–Trinajstić information content (AvgIpc) is 2.76. The van der Waals surface area contributed by atoms with Gasteiger partial charge in [0.25, 0.3) is 5.95 Å². The molecule has 0 radical (unpaired) electrons. The number of hydrogen-bond acceptors (Lipinski definition) is 6. The molecule has 0 aliphatic heterocycles. The Balaban J connectivity index is 2.39. The molecule has 0 saturated carbocycles. The fourth-order valence-electron chi connectivity index (χ4n) is 1.42. The van der Waals surface area contributed by atoms with Crippen LogP contribution in [-0.2, 0) is 0 Å². The van der Waals surface area contributed by atoms with Crippen LogP contribution in [0.2, 0.25) is 0 Å². The second kappa shape index (κ2) is 6.31. The fraction of sp³-hybridized carbons (Fsp3) is 0.273. The first-order valence-corrected chi connectivity index (χ1v) is 7.30. The maximum atomic E-state index is 5.78. The molecule has 0 unspecified atom stereocenters. The average molecular weight is 404 g/mol. The van der Waals surface area contributed by atoms with Crippen LogP contribution in [0.15, 0.2) is 26.2 Å². The summed E-state index contributed by atoms with van der Waals surface area (Å²) in [4.78, 5) is 1.13. The van der Waals surface area contributed by atoms with Crippen LogP contribution in [0.3, 0.4) is 0 Å². The summed E-state index contributed by atoms with van der Waals surface area (Å²) in [5.41, 5.74) is 6.32. The lowest BCUT2D eigenvalue weighted by Crippen LogP contribution is -2.08. The lowest BCUT2D eigenvalue weighted by atomic mass is 10.2. The van der Waals surface area contributed by atoms with Gasteiger partial charge in [0.05, 0.1) is 16.8 Å². The van der Waals surface area contributed by atoms with Gasteiger partial charge in [0.2, 0.25) is 0 Å². The first-order chi connectivity index (χ1) is 9.47. The van der Waals surface area contributed by atoms with Crippen molar-refractivity contribution < 1.29 is 4.74 Å². The van der Waals surface area contributed by atoms with Crippen LogP contribution in [0.25, 0.3) is 0 Å². The maximum Gasteiger partial charge on any atom is 0.263 e. The number of rotatable bonds is 4. The highest BCUT2D eigenvalue weighted by atomic mass is 79.9. The van der Waals surface area contributed by atoms with Crippen molar-refractivity contribution in [2.24, 2.45) is 5.10 Å². The van der Waals surface area contributed by atoms with Crippen molar-refractivity contribution in [3.63, 3.8) is 0 Å². The normalized spacial score (nSPS) is 11.4. The number of nitrogens with zero attached hydrogens (tertiary/aromatic N) is 5. The van der Waals surface area contributed by atoms with Crippen LogP contribution in [0.1, 0.15) is 19.4 Å². The zero-order valence-electron chi connectivity index (χ0n) is 10.8. The molecule has 1 heterocycles. The third-order valence-electron chi connectivity index (χ3n) is 2.17. The summed E-state index contributed by atoms with van der Waals surface area (Å²) < 4.78 is 7.50. The maximum absolute atomic E-state index is 5.78. The molecular weight excluding hydrogens is 392 g/mol. The highest BCUT2D eigenvalue weighted by Gasteiger charge is 2.11. The van der Waals surface area contributed by atoms with Gasteiger partial charge in [-0.25, -0.2) is 0 Å². The van der Waals surface area contributed by atoms with Crippen LogP contribution in [-0.4, -0.2) is 32.6 Å². The largest absolute Gasteiger partial charge is 0.489 e. The molecule has 1 aromatic heterocycles. The molecule has 0 aliphatic rings. The van der Waals surface area contributed by atoms with Gasteiger partial charge in [-0.2, -0.15) is 5.10 Å². The van der Waals surface area contributed by atoms with Crippen LogP contribution in [0.4, 0.5) is 5.95 Å². The Morgan fingerprint density at radius 2 is 2.15 bits per heavy atom. The molecule has 2 N–H and O–H groups in total. The van der Waals surface area contributed by atoms with Crippen molar-refractivity contribution in [3.8, 4) is 5.75 Å². The Bertz CT molecular complexity index is 640. The van der Waals surface area contributed by atoms with E-state index in [2.05, 4.69) is 52.5 Å². The van der Waals surface area contributed by atoms with Crippen molar-refractivity contribution in [3.05, 3.63) is 26.6 Å². The number of ether oxygens (including phenoxy) is 1. The van der Waals surface area contributed by atoms with E-state index in [4.69, 9.17) is 10.5 Å². The first kappa shape index (κ1) is 14.9. The van der Waals surface area contributed by atoms with Gasteiger partial charge in [-0.3, -0.25) is 0 Å². The molecule has 2 rings (SSSR count). The Hall–Kier alpha value is -1.48. The van der Waals surface area contributed by atoms with E-state index >= 15 is 0 Å². The summed E-state index contributed by atoms with van der Waals surface area (Å²) in [5.74, 6) is 0.806. The summed E-state index contributed by atoms with van der Waals surface area (Å²) in [6.45, 7) is 3.91. The van der Waals surface area contributed by atoms with Gasteiger partial charge in [0.1, 0.15) is 5.75 Å². The van der Waals surface area contributed by atoms with Gasteiger partial charge >= 0.3 is 0 Å². The van der Waals surface area contributed by atoms with Crippen LogP contribution in [0, 0.1) is 0 Å². The highest BCUT2D eigenvalue weighted by Crippen LogP contribution is 2.32. The third kappa shape index (κ3) is 3.54. The molecule has 2 aromatic rings. The predicted molar refractivity (Wildman–Crippen MR) is 82.8 cm³/mol. The Kier molecular flexibility index (Phi) is 4.71. The van der Waals surface area contributed by atoms with E-state index in [-0.39, 0.29) is 12.1 Å². The number of tetrazole rings is 1. The predicted octanol–water partition coefficient (Wildman–Crippen LogP) is 2.45. The molecule has 9 heteroatoms. The minimum Gasteiger partial charge on any atom is -0.489 e. The van der Waals surface area contributed by atoms with E-state index in [1.165, 1.54) is 0 Å². The van der Waals surface area contributed by atoms with Crippen LogP contribution in [0.5, 0.6) is 5.75 Å². The zero-order valence-corrected chi connectivity index (χ0v) is 14.0. The quantitative estimate of drug-likeness (QED) is 0.791. The number of anilines is 1. The molecular formula is C11H12Br2N6O. The van der Waals surface area contributed by atoms with Crippen molar-refractivity contribution >= 4 is 44.0 Å². The van der Waals surface area contributed by atoms with Crippen molar-refractivity contribution in [1.82, 2.24) is 20.3 Å². The number of nitrogens with two attached hydrogens (primary N) is 1. The van der Waals surface area contributed by atoms with E-state index in [0.29, 0.717) is 5.75 Å². The SMILES string of the molecule is CC(C)Oc1c(Br)cc(Br)cc1/C=N\n1nnnc1N. The molecule has 0 saturated heterocycles. The summed E-state index contributed by atoms with van der Waals surface area (Å²) in [6.07, 6.45) is 1.62. The molecule has 7 nitrogen and oxygen atoms in total. The fourth-order valence-corrected chi connectivity index (χ4v) is 2.78. The van der Waals surface area contributed by atoms with Gasteiger partial charge < -0.3 is 10.5 Å². The monoisotopic (exact) mass is 402 g/mol. The number of nitrogen functional groups attached to an aromatic ring is 1. The van der Waals surface area contributed by atoms with Crippen LogP contribution >= 0.6 is 31.9 Å². The van der Waals surface area contributed by atoms with Gasteiger partial charge in [-0.05, 0) is 52.3 Å². The number of hydrogen-bond donors (Lipinski definition) is 1. The second-order valence-corrected chi connectivity index (χ2v) is 5.91. The lowest BCUT2D eigenvalue weighted by Gasteiger charge is -2.14. The molecule has 0 amide bonds. The Labute approximate surface area is 132 Å². The zero-order chi connectivity index (χ0) is 14.7. The minimum atomic E-state index is 0.0396. The van der Waals surface area contributed by atoms with Gasteiger partial charge in [-0.15, -0.1) is 0 Å². The van der Waals surface area contributed by atoms with Crippen molar-refractivity contribution in [2.75, 3.05) is 5.73 Å². The molecule has 106 valence electrons. The van der Waals surface area contributed by atoms with Gasteiger partial charge in [-0.1, -0.05) is 25.8 Å². The highest BCUT2D eigenvalue weighted by molar-refractivity contribution is 9.11. The van der Waals surface area contributed by atoms with E-state index in [1.54, 1.807) is 6.21 Å². The van der Waals surface area contributed by atoms with Crippen LogP contribution < -0.4 is 10.5 Å². The Morgan fingerprint density at radius 3 is 2.75 bits per heavy atom. The lowest BCUT2D eigenvalue weighted by molar-refractivity contribution is 0.240. The molecule has 0 bridgehead atoms. The number of aromatic nitrogens is 4. The summed E-state index contributed by atoms with van der Waals surface area (Å²) >= 11 is 6.90. The smallest absolute Gasteiger partial charge is 0.263 e. The van der Waals surface area contributed by atoms with E-state index < -0.39 is 0 Å². The number of halogens is 2. The molecule has 0 aliphatic carbocycles. The van der Waals surface area contributed by atoms with Gasteiger partial charge in [0.15, 0.2) is 0 Å². The Morgan fingerprint density at radius 1 is 1.40 bits per heavy atom.